The lowest BCUT2D eigenvalue weighted by Crippen LogP contribution is -2.22. The van der Waals surface area contributed by atoms with Crippen LogP contribution in [0.5, 0.6) is 0 Å². The molecule has 6 rings (SSSR count). The molecule has 1 saturated carbocycles. The molecular formula is C25H23F2N5O2. The maximum atomic E-state index is 14.1. The number of hydrogen-bond acceptors (Lipinski definition) is 6. The number of halogens is 2. The molecule has 3 heterocycles. The first-order chi connectivity index (χ1) is 16.4. The third-order valence-corrected chi connectivity index (χ3v) is 6.81. The van der Waals surface area contributed by atoms with Crippen molar-refractivity contribution in [1.29, 1.82) is 0 Å². The van der Waals surface area contributed by atoms with Gasteiger partial charge in [-0.2, -0.15) is 10.1 Å². The first-order valence-corrected chi connectivity index (χ1v) is 11.5. The van der Waals surface area contributed by atoms with Gasteiger partial charge in [0.25, 0.3) is 5.89 Å². The summed E-state index contributed by atoms with van der Waals surface area (Å²) < 4.78 is 35.3. The van der Waals surface area contributed by atoms with Gasteiger partial charge in [-0.15, -0.1) is 0 Å². The fraction of sp³-hybridized carbons (Fsp3) is 0.360. The monoisotopic (exact) mass is 463 g/mol. The third kappa shape index (κ3) is 3.38. The van der Waals surface area contributed by atoms with Crippen LogP contribution >= 0.6 is 0 Å². The maximum Gasteiger partial charge on any atom is 0.274 e. The summed E-state index contributed by atoms with van der Waals surface area (Å²) in [6.45, 7) is 3.82. The number of nitrogens with zero attached hydrogens (tertiary/aromatic N) is 5. The summed E-state index contributed by atoms with van der Waals surface area (Å²) in [5.41, 5.74) is 2.72. The van der Waals surface area contributed by atoms with Gasteiger partial charge < -0.3 is 9.36 Å². The van der Waals surface area contributed by atoms with E-state index in [1.165, 1.54) is 12.8 Å². The van der Waals surface area contributed by atoms with Crippen LogP contribution in [-0.4, -0.2) is 25.6 Å². The Bertz CT molecular complexity index is 1440. The van der Waals surface area contributed by atoms with Crippen LogP contribution in [0.15, 0.2) is 46.1 Å². The van der Waals surface area contributed by atoms with Crippen LogP contribution in [-0.2, 0) is 10.4 Å². The van der Waals surface area contributed by atoms with Gasteiger partial charge >= 0.3 is 0 Å². The summed E-state index contributed by atoms with van der Waals surface area (Å²) in [6.07, 6.45) is 5.15. The minimum absolute atomic E-state index is 0.0392. The van der Waals surface area contributed by atoms with E-state index in [0.29, 0.717) is 12.5 Å². The summed E-state index contributed by atoms with van der Waals surface area (Å²) in [6, 6.07) is 9.75. The Hall–Kier alpha value is -3.62. The lowest BCUT2D eigenvalue weighted by molar-refractivity contribution is -0.0313. The summed E-state index contributed by atoms with van der Waals surface area (Å²) in [5.74, 6) is -1.11. The van der Waals surface area contributed by atoms with E-state index in [4.69, 9.17) is 14.5 Å². The highest BCUT2D eigenvalue weighted by molar-refractivity contribution is 6.04. The smallest absolute Gasteiger partial charge is 0.274 e. The van der Waals surface area contributed by atoms with Gasteiger partial charge in [0.05, 0.1) is 28.5 Å². The molecule has 0 N–H and O–H groups in total. The number of hydrogen-bond donors (Lipinski definition) is 0. The number of benzene rings is 2. The molecule has 1 fully saturated rings. The molecule has 2 aromatic carbocycles. The fourth-order valence-electron chi connectivity index (χ4n) is 4.93. The minimum atomic E-state index is -1.01. The first-order valence-electron chi connectivity index (χ1n) is 11.5. The quantitative estimate of drug-likeness (QED) is 0.381. The molecule has 0 bridgehead atoms. The highest BCUT2D eigenvalue weighted by Gasteiger charge is 2.42. The van der Waals surface area contributed by atoms with Gasteiger partial charge in [0.2, 0.25) is 11.4 Å². The number of oxime groups is 1. The lowest BCUT2D eigenvalue weighted by Gasteiger charge is -2.15. The van der Waals surface area contributed by atoms with Crippen molar-refractivity contribution in [3.05, 3.63) is 65.2 Å². The van der Waals surface area contributed by atoms with Crippen molar-refractivity contribution in [2.75, 3.05) is 0 Å². The Morgan fingerprint density at radius 1 is 1.09 bits per heavy atom. The van der Waals surface area contributed by atoms with Gasteiger partial charge in [0.1, 0.15) is 11.6 Å². The topological polar surface area (TPSA) is 78.3 Å². The molecule has 1 aliphatic carbocycles. The van der Waals surface area contributed by atoms with E-state index < -0.39 is 17.2 Å². The predicted octanol–water partition coefficient (Wildman–Crippen LogP) is 5.83. The van der Waals surface area contributed by atoms with E-state index in [-0.39, 0.29) is 17.3 Å². The number of aromatic nitrogens is 4. The van der Waals surface area contributed by atoms with E-state index in [0.717, 1.165) is 58.9 Å². The zero-order valence-electron chi connectivity index (χ0n) is 18.9. The van der Waals surface area contributed by atoms with Crippen LogP contribution in [0, 0.1) is 18.6 Å². The normalized spacial score (nSPS) is 20.8. The Morgan fingerprint density at radius 3 is 2.74 bits per heavy atom. The van der Waals surface area contributed by atoms with E-state index in [1.54, 1.807) is 6.92 Å². The molecule has 9 heteroatoms. The number of aryl methyl sites for hydroxylation is 1. The first kappa shape index (κ1) is 20.9. The molecule has 1 aliphatic heterocycles. The molecule has 1 unspecified atom stereocenters. The Morgan fingerprint density at radius 2 is 1.91 bits per heavy atom. The zero-order chi connectivity index (χ0) is 23.4. The fourth-order valence-corrected chi connectivity index (χ4v) is 4.93. The average Bonchev–Trinajstić information content (AvgIpc) is 3.62. The Kier molecular flexibility index (Phi) is 4.75. The van der Waals surface area contributed by atoms with E-state index >= 15 is 0 Å². The van der Waals surface area contributed by atoms with E-state index in [1.807, 2.05) is 13.0 Å². The van der Waals surface area contributed by atoms with Crippen molar-refractivity contribution in [2.24, 2.45) is 5.16 Å². The molecule has 0 spiro atoms. The summed E-state index contributed by atoms with van der Waals surface area (Å²) in [4.78, 5) is 10.0. The molecule has 0 radical (unpaired) electrons. The third-order valence-electron chi connectivity index (χ3n) is 6.81. The zero-order valence-corrected chi connectivity index (χ0v) is 18.9. The van der Waals surface area contributed by atoms with Gasteiger partial charge in [0, 0.05) is 17.4 Å². The standard InChI is InChI=1S/C25H23F2N5O2/c1-14-18-9-7-15(11-22(18)32(29-14)17-5-3-4-6-17)21-13-25(2,34-30-21)24-28-23(31-33-24)19-12-16(26)8-10-20(19)27/h7-12,17H,3-6,13H2,1-2H3. The van der Waals surface area contributed by atoms with Gasteiger partial charge in [-0.25, -0.2) is 8.78 Å². The second-order valence-corrected chi connectivity index (χ2v) is 9.28. The second kappa shape index (κ2) is 7.72. The summed E-state index contributed by atoms with van der Waals surface area (Å²) in [7, 11) is 0. The predicted molar refractivity (Wildman–Crippen MR) is 121 cm³/mol. The maximum absolute atomic E-state index is 14.1. The molecule has 2 aromatic heterocycles. The lowest BCUT2D eigenvalue weighted by atomic mass is 9.95. The van der Waals surface area contributed by atoms with Gasteiger partial charge in [-0.3, -0.25) is 4.68 Å². The number of rotatable bonds is 4. The van der Waals surface area contributed by atoms with E-state index in [9.17, 15) is 8.78 Å². The molecular weight excluding hydrogens is 440 g/mol. The van der Waals surface area contributed by atoms with Crippen LogP contribution in [0.1, 0.15) is 62.2 Å². The minimum Gasteiger partial charge on any atom is -0.379 e. The average molecular weight is 463 g/mol. The Labute approximate surface area is 194 Å². The summed E-state index contributed by atoms with van der Waals surface area (Å²) in [5, 5.41) is 14.1. The van der Waals surface area contributed by atoms with Crippen molar-refractivity contribution in [2.45, 2.75) is 57.6 Å². The van der Waals surface area contributed by atoms with Crippen molar-refractivity contribution < 1.29 is 18.1 Å². The number of fused-ring (bicyclic) bond motifs is 1. The van der Waals surface area contributed by atoms with Crippen LogP contribution in [0.4, 0.5) is 8.78 Å². The van der Waals surface area contributed by atoms with Crippen molar-refractivity contribution >= 4 is 16.6 Å². The van der Waals surface area contributed by atoms with Crippen molar-refractivity contribution in [1.82, 2.24) is 19.9 Å². The van der Waals surface area contributed by atoms with Gasteiger partial charge in [0.15, 0.2) is 0 Å². The van der Waals surface area contributed by atoms with Crippen LogP contribution in [0.2, 0.25) is 0 Å². The molecule has 174 valence electrons. The van der Waals surface area contributed by atoms with Crippen LogP contribution in [0.25, 0.3) is 22.3 Å². The summed E-state index contributed by atoms with van der Waals surface area (Å²) >= 11 is 0. The molecule has 0 saturated heterocycles. The highest BCUT2D eigenvalue weighted by Crippen LogP contribution is 2.38. The molecule has 4 aromatic rings. The SMILES string of the molecule is Cc1nn(C2CCCC2)c2cc(C3=NOC(C)(c4nc(-c5cc(F)ccc5F)no4)C3)ccc12. The van der Waals surface area contributed by atoms with E-state index in [2.05, 4.69) is 32.1 Å². The van der Waals surface area contributed by atoms with Gasteiger partial charge in [-0.05, 0) is 51.0 Å². The van der Waals surface area contributed by atoms with Crippen molar-refractivity contribution in [3.8, 4) is 11.4 Å². The van der Waals surface area contributed by atoms with Crippen LogP contribution < -0.4 is 0 Å². The molecule has 0 amide bonds. The molecule has 2 aliphatic rings. The second-order valence-electron chi connectivity index (χ2n) is 9.28. The largest absolute Gasteiger partial charge is 0.379 e. The van der Waals surface area contributed by atoms with Crippen LogP contribution in [0.3, 0.4) is 0 Å². The molecule has 34 heavy (non-hydrogen) atoms. The molecule has 7 nitrogen and oxygen atoms in total. The van der Waals surface area contributed by atoms with Gasteiger partial charge in [-0.1, -0.05) is 35.3 Å². The van der Waals surface area contributed by atoms with Crippen molar-refractivity contribution in [3.63, 3.8) is 0 Å². The highest BCUT2D eigenvalue weighted by atomic mass is 19.1. The Balaban J connectivity index is 1.29. The molecule has 1 atom stereocenters.